The zero-order valence-electron chi connectivity index (χ0n) is 10.8. The number of allylic oxidation sites excluding steroid dienone is 3. The molecule has 1 nitrogen and oxygen atoms in total. The Morgan fingerprint density at radius 2 is 1.76 bits per heavy atom. The van der Waals surface area contributed by atoms with E-state index in [9.17, 15) is 0 Å². The number of nitrogens with zero attached hydrogens (tertiary/aromatic N) is 1. The van der Waals surface area contributed by atoms with Gasteiger partial charge in [0.2, 0.25) is 0 Å². The Kier molecular flexibility index (Phi) is 3.19. The fourth-order valence-corrected chi connectivity index (χ4v) is 1.86. The maximum Gasteiger partial charge on any atom is 0.0336 e. The molecule has 0 amide bonds. The number of likely N-dealkylation sites (N-methyl/N-ethyl adjacent to an activating group) is 1. The summed E-state index contributed by atoms with van der Waals surface area (Å²) < 4.78 is 0. The summed E-state index contributed by atoms with van der Waals surface area (Å²) in [5.74, 6) is 0.584. The average molecular weight is 225 g/mol. The third-order valence-corrected chi connectivity index (χ3v) is 3.16. The number of rotatable bonds is 2. The lowest BCUT2D eigenvalue weighted by Crippen LogP contribution is -2.10. The molecule has 0 fully saturated rings. The van der Waals surface area contributed by atoms with Gasteiger partial charge in [-0.2, -0.15) is 0 Å². The van der Waals surface area contributed by atoms with Crippen LogP contribution >= 0.6 is 0 Å². The van der Waals surface area contributed by atoms with Gasteiger partial charge >= 0.3 is 0 Å². The van der Waals surface area contributed by atoms with E-state index in [0.717, 1.165) is 5.70 Å². The molecular formula is C16H19N. The van der Waals surface area contributed by atoms with E-state index < -0.39 is 0 Å². The summed E-state index contributed by atoms with van der Waals surface area (Å²) in [7, 11) is 2.01. The lowest BCUT2D eigenvalue weighted by molar-refractivity contribution is 0.588. The van der Waals surface area contributed by atoms with Crippen molar-refractivity contribution in [3.05, 3.63) is 66.0 Å². The highest BCUT2D eigenvalue weighted by molar-refractivity contribution is 5.77. The minimum Gasteiger partial charge on any atom is -0.351 e. The van der Waals surface area contributed by atoms with E-state index >= 15 is 0 Å². The quantitative estimate of drug-likeness (QED) is 0.730. The number of benzene rings is 1. The van der Waals surface area contributed by atoms with Crippen LogP contribution in [-0.4, -0.2) is 11.9 Å². The maximum atomic E-state index is 4.02. The van der Waals surface area contributed by atoms with Gasteiger partial charge < -0.3 is 4.90 Å². The molecule has 1 aromatic rings. The molecule has 0 saturated carbocycles. The maximum absolute atomic E-state index is 4.02. The first-order chi connectivity index (χ1) is 8.08. The molecule has 0 bridgehead atoms. The highest BCUT2D eigenvalue weighted by Crippen LogP contribution is 2.24. The molecule has 2 rings (SSSR count). The second-order valence-electron chi connectivity index (χ2n) is 4.79. The highest BCUT2D eigenvalue weighted by Gasteiger charge is 2.07. The molecule has 0 atom stereocenters. The molecule has 0 unspecified atom stereocenters. The summed E-state index contributed by atoms with van der Waals surface area (Å²) >= 11 is 0. The zero-order valence-corrected chi connectivity index (χ0v) is 10.8. The van der Waals surface area contributed by atoms with Crippen molar-refractivity contribution in [2.45, 2.75) is 19.8 Å². The summed E-state index contributed by atoms with van der Waals surface area (Å²) in [5.41, 5.74) is 4.88. The van der Waals surface area contributed by atoms with Gasteiger partial charge in [0, 0.05) is 18.9 Å². The van der Waals surface area contributed by atoms with E-state index in [1.807, 2.05) is 18.1 Å². The van der Waals surface area contributed by atoms with Crippen LogP contribution < -0.4 is 0 Å². The fraction of sp³-hybridized carbons (Fsp3) is 0.250. The molecule has 0 spiro atoms. The first kappa shape index (κ1) is 11.7. The van der Waals surface area contributed by atoms with Crippen LogP contribution in [0.4, 0.5) is 0 Å². The molecule has 1 heterocycles. The summed E-state index contributed by atoms with van der Waals surface area (Å²) in [6.07, 6.45) is 6.29. The molecule has 1 aliphatic rings. The molecule has 0 N–H and O–H groups in total. The molecule has 0 aromatic heterocycles. The molecule has 17 heavy (non-hydrogen) atoms. The summed E-state index contributed by atoms with van der Waals surface area (Å²) in [4.78, 5) is 2.02. The predicted molar refractivity (Wildman–Crippen MR) is 74.6 cm³/mol. The van der Waals surface area contributed by atoms with Gasteiger partial charge in [-0.15, -0.1) is 0 Å². The van der Waals surface area contributed by atoms with Gasteiger partial charge in [0.15, 0.2) is 0 Å². The van der Waals surface area contributed by atoms with Crippen molar-refractivity contribution in [3.8, 4) is 0 Å². The van der Waals surface area contributed by atoms with Crippen LogP contribution in [0.2, 0.25) is 0 Å². The summed E-state index contributed by atoms with van der Waals surface area (Å²) in [6, 6.07) is 8.78. The van der Waals surface area contributed by atoms with Gasteiger partial charge in [0.05, 0.1) is 0 Å². The molecule has 1 aliphatic heterocycles. The van der Waals surface area contributed by atoms with Gasteiger partial charge in [-0.25, -0.2) is 0 Å². The smallest absolute Gasteiger partial charge is 0.0336 e. The largest absolute Gasteiger partial charge is 0.351 e. The molecule has 1 aromatic carbocycles. The Bertz CT molecular complexity index is 475. The van der Waals surface area contributed by atoms with Crippen LogP contribution in [-0.2, 0) is 0 Å². The molecule has 1 heteroatoms. The first-order valence-electron chi connectivity index (χ1n) is 6.00. The number of hydrogen-bond acceptors (Lipinski definition) is 1. The molecule has 88 valence electrons. The van der Waals surface area contributed by atoms with Crippen molar-refractivity contribution in [1.82, 2.24) is 4.90 Å². The van der Waals surface area contributed by atoms with Crippen LogP contribution in [0.1, 0.15) is 30.9 Å². The van der Waals surface area contributed by atoms with E-state index in [-0.39, 0.29) is 0 Å². The predicted octanol–water partition coefficient (Wildman–Crippen LogP) is 4.17. The van der Waals surface area contributed by atoms with Gasteiger partial charge in [-0.05, 0) is 34.8 Å². The molecular weight excluding hydrogens is 206 g/mol. The van der Waals surface area contributed by atoms with Gasteiger partial charge in [-0.1, -0.05) is 44.7 Å². The van der Waals surface area contributed by atoms with Crippen molar-refractivity contribution in [3.63, 3.8) is 0 Å². The molecule has 0 radical (unpaired) electrons. The van der Waals surface area contributed by atoms with Crippen molar-refractivity contribution in [2.24, 2.45) is 0 Å². The van der Waals surface area contributed by atoms with Crippen LogP contribution in [0.3, 0.4) is 0 Å². The summed E-state index contributed by atoms with van der Waals surface area (Å²) in [6.45, 7) is 8.44. The summed E-state index contributed by atoms with van der Waals surface area (Å²) in [5, 5.41) is 0. The van der Waals surface area contributed by atoms with E-state index in [1.54, 1.807) is 0 Å². The highest BCUT2D eigenvalue weighted by atomic mass is 15.1. The third kappa shape index (κ3) is 2.50. The second-order valence-corrected chi connectivity index (χ2v) is 4.79. The van der Waals surface area contributed by atoms with Gasteiger partial charge in [0.1, 0.15) is 0 Å². The monoisotopic (exact) mass is 225 g/mol. The van der Waals surface area contributed by atoms with E-state index in [2.05, 4.69) is 56.8 Å². The Labute approximate surface area is 104 Å². The van der Waals surface area contributed by atoms with Crippen LogP contribution in [0, 0.1) is 0 Å². The second kappa shape index (κ2) is 4.62. The van der Waals surface area contributed by atoms with E-state index in [4.69, 9.17) is 0 Å². The Hall–Kier alpha value is -1.76. The average Bonchev–Trinajstić information content (AvgIpc) is 2.33. The third-order valence-electron chi connectivity index (χ3n) is 3.16. The van der Waals surface area contributed by atoms with Crippen molar-refractivity contribution in [1.29, 1.82) is 0 Å². The van der Waals surface area contributed by atoms with Crippen molar-refractivity contribution >= 4 is 5.57 Å². The molecule has 0 aliphatic carbocycles. The first-order valence-corrected chi connectivity index (χ1v) is 6.00. The van der Waals surface area contributed by atoms with Crippen molar-refractivity contribution in [2.75, 3.05) is 7.05 Å². The Morgan fingerprint density at radius 1 is 1.12 bits per heavy atom. The lowest BCUT2D eigenvalue weighted by Gasteiger charge is -2.20. The SMILES string of the molecule is C=C1C=C(c2ccc(C(C)C)cc2)C=CN1C. The van der Waals surface area contributed by atoms with Gasteiger partial charge in [0.25, 0.3) is 0 Å². The van der Waals surface area contributed by atoms with Crippen LogP contribution in [0.5, 0.6) is 0 Å². The van der Waals surface area contributed by atoms with E-state index in [1.165, 1.54) is 16.7 Å². The Morgan fingerprint density at radius 3 is 2.29 bits per heavy atom. The van der Waals surface area contributed by atoms with E-state index in [0.29, 0.717) is 5.92 Å². The minimum absolute atomic E-state index is 0.584. The minimum atomic E-state index is 0.584. The normalized spacial score (nSPS) is 15.4. The Balaban J connectivity index is 2.27. The lowest BCUT2D eigenvalue weighted by atomic mass is 9.97. The van der Waals surface area contributed by atoms with Gasteiger partial charge in [-0.3, -0.25) is 0 Å². The topological polar surface area (TPSA) is 3.24 Å². The fourth-order valence-electron chi connectivity index (χ4n) is 1.86. The van der Waals surface area contributed by atoms with Crippen LogP contribution in [0.25, 0.3) is 5.57 Å². The standard InChI is InChI=1S/C16H19N/c1-12(2)14-5-7-15(8-6-14)16-9-10-17(4)13(3)11-16/h5-12H,3H2,1-2,4H3. The van der Waals surface area contributed by atoms with Crippen molar-refractivity contribution < 1.29 is 0 Å². The zero-order chi connectivity index (χ0) is 12.4. The van der Waals surface area contributed by atoms with Crippen LogP contribution in [0.15, 0.2) is 54.9 Å². The number of hydrogen-bond donors (Lipinski definition) is 0. The molecule has 0 saturated heterocycles.